The minimum Gasteiger partial charge on any atom is -0.469 e. The van der Waals surface area contributed by atoms with Gasteiger partial charge in [-0.05, 0) is 74.7 Å². The summed E-state index contributed by atoms with van der Waals surface area (Å²) in [7, 11) is 1.22. The second-order valence-corrected chi connectivity index (χ2v) is 12.3. The largest absolute Gasteiger partial charge is 0.469 e. The van der Waals surface area contributed by atoms with Gasteiger partial charge in [-0.3, -0.25) is 9.59 Å². The van der Waals surface area contributed by atoms with Gasteiger partial charge in [-0.2, -0.15) is 0 Å². The summed E-state index contributed by atoms with van der Waals surface area (Å²) in [6.45, 7) is 7.60. The quantitative estimate of drug-likeness (QED) is 0.127. The molecule has 10 heteroatoms. The Balaban J connectivity index is 1.80. The fourth-order valence-corrected chi connectivity index (χ4v) is 5.55. The number of carbonyl (C=O) groups is 3. The molecule has 0 aliphatic carbocycles. The number of aliphatic hydroxyl groups is 2. The molecule has 0 spiro atoms. The highest BCUT2D eigenvalue weighted by Crippen LogP contribution is 2.42. The zero-order valence-electron chi connectivity index (χ0n) is 28.4. The van der Waals surface area contributed by atoms with Gasteiger partial charge in [0.2, 0.25) is 0 Å². The molecule has 49 heavy (non-hydrogen) atoms. The lowest BCUT2D eigenvalue weighted by Gasteiger charge is -2.17. The zero-order valence-corrected chi connectivity index (χ0v) is 28.4. The van der Waals surface area contributed by atoms with Crippen molar-refractivity contribution in [3.63, 3.8) is 0 Å². The van der Waals surface area contributed by atoms with E-state index < -0.39 is 30.0 Å². The lowest BCUT2D eigenvalue weighted by molar-refractivity contribution is -0.143. The number of benzene rings is 3. The molecule has 1 amide bonds. The zero-order chi connectivity index (χ0) is 35.7. The molecule has 0 aliphatic rings. The molecule has 0 saturated heterocycles. The number of aliphatic hydroxyl groups excluding tert-OH is 2. The molecular weight excluding hydrogens is 627 g/mol. The molecule has 0 radical (unpaired) electrons. The van der Waals surface area contributed by atoms with E-state index in [1.807, 2.05) is 48.7 Å². The number of nitrogens with zero attached hydrogens (tertiary/aromatic N) is 1. The Labute approximate surface area is 286 Å². The molecule has 2 atom stereocenters. The van der Waals surface area contributed by atoms with Crippen LogP contribution in [-0.4, -0.2) is 58.0 Å². The van der Waals surface area contributed by atoms with Crippen molar-refractivity contribution in [2.24, 2.45) is 0 Å². The lowest BCUT2D eigenvalue weighted by Crippen LogP contribution is -2.27. The molecule has 1 heterocycles. The van der Waals surface area contributed by atoms with Crippen LogP contribution in [0.15, 0.2) is 84.9 Å². The first-order valence-electron chi connectivity index (χ1n) is 16.2. The Morgan fingerprint density at radius 3 is 2.10 bits per heavy atom. The number of rotatable bonds is 14. The summed E-state index contributed by atoms with van der Waals surface area (Å²) in [5.74, 6) is -1.80. The smallest absolute Gasteiger partial charge is 0.338 e. The molecule has 1 aromatic heterocycles. The van der Waals surface area contributed by atoms with Crippen LogP contribution < -0.4 is 5.32 Å². The first-order chi connectivity index (χ1) is 23.4. The van der Waals surface area contributed by atoms with E-state index >= 15 is 0 Å². The first-order valence-corrected chi connectivity index (χ1v) is 16.2. The van der Waals surface area contributed by atoms with Crippen molar-refractivity contribution in [1.82, 2.24) is 9.88 Å². The van der Waals surface area contributed by atoms with Crippen molar-refractivity contribution >= 4 is 23.9 Å². The molecule has 258 valence electrons. The number of methoxy groups -OCH3 is 1. The normalized spacial score (nSPS) is 12.7. The molecule has 0 unspecified atom stereocenters. The summed E-state index contributed by atoms with van der Waals surface area (Å²) in [5.41, 5.74) is 4.79. The SMILES string of the molecule is COC(=O)C[C@H](O)C[C@H](O)/C=C/c1c(-c2ccc(F)cc2)c(-c2ccccc2)c(C(=O)NCc2ccc(C(=O)OC(C)C)cc2)n1C(C)C. The summed E-state index contributed by atoms with van der Waals surface area (Å²) in [6, 6.07) is 21.9. The van der Waals surface area contributed by atoms with E-state index in [9.17, 15) is 29.0 Å². The Morgan fingerprint density at radius 1 is 0.878 bits per heavy atom. The van der Waals surface area contributed by atoms with Crippen LogP contribution in [0.4, 0.5) is 4.39 Å². The van der Waals surface area contributed by atoms with Crippen LogP contribution in [-0.2, 0) is 20.8 Å². The molecule has 0 saturated carbocycles. The minimum absolute atomic E-state index is 0.118. The minimum atomic E-state index is -1.13. The lowest BCUT2D eigenvalue weighted by atomic mass is 9.94. The predicted octanol–water partition coefficient (Wildman–Crippen LogP) is 6.73. The van der Waals surface area contributed by atoms with Gasteiger partial charge in [0.25, 0.3) is 5.91 Å². The summed E-state index contributed by atoms with van der Waals surface area (Å²) in [5, 5.41) is 24.2. The van der Waals surface area contributed by atoms with E-state index in [-0.39, 0.29) is 37.4 Å². The molecule has 3 aromatic carbocycles. The van der Waals surface area contributed by atoms with E-state index in [2.05, 4.69) is 10.1 Å². The fourth-order valence-electron chi connectivity index (χ4n) is 5.55. The van der Waals surface area contributed by atoms with Gasteiger partial charge in [0.15, 0.2) is 0 Å². The topological polar surface area (TPSA) is 127 Å². The Morgan fingerprint density at radius 2 is 1.51 bits per heavy atom. The summed E-state index contributed by atoms with van der Waals surface area (Å²) < 4.78 is 25.9. The van der Waals surface area contributed by atoms with Crippen LogP contribution in [0.25, 0.3) is 28.3 Å². The second kappa shape index (κ2) is 16.9. The number of hydrogen-bond donors (Lipinski definition) is 3. The van der Waals surface area contributed by atoms with E-state index in [1.54, 1.807) is 56.3 Å². The van der Waals surface area contributed by atoms with E-state index in [4.69, 9.17) is 4.74 Å². The van der Waals surface area contributed by atoms with Crippen molar-refractivity contribution in [2.75, 3.05) is 7.11 Å². The van der Waals surface area contributed by atoms with E-state index in [0.717, 1.165) is 11.1 Å². The van der Waals surface area contributed by atoms with Gasteiger partial charge in [0.05, 0.1) is 37.4 Å². The third kappa shape index (κ3) is 9.52. The third-order valence-electron chi connectivity index (χ3n) is 7.78. The van der Waals surface area contributed by atoms with Crippen LogP contribution in [0.3, 0.4) is 0 Å². The van der Waals surface area contributed by atoms with Gasteiger partial charge in [0, 0.05) is 35.8 Å². The molecule has 0 fully saturated rings. The number of halogens is 1. The van der Waals surface area contributed by atoms with E-state index in [1.165, 1.54) is 25.3 Å². The van der Waals surface area contributed by atoms with Gasteiger partial charge in [-0.1, -0.05) is 60.7 Å². The maximum atomic E-state index is 14.3. The molecule has 3 N–H and O–H groups in total. The average molecular weight is 671 g/mol. The highest BCUT2D eigenvalue weighted by Gasteiger charge is 2.29. The second-order valence-electron chi connectivity index (χ2n) is 12.3. The molecule has 0 bridgehead atoms. The number of carbonyl (C=O) groups excluding carboxylic acids is 3. The van der Waals surface area contributed by atoms with Crippen molar-refractivity contribution in [1.29, 1.82) is 0 Å². The maximum Gasteiger partial charge on any atom is 0.338 e. The molecule has 0 aliphatic heterocycles. The first kappa shape index (κ1) is 36.8. The summed E-state index contributed by atoms with van der Waals surface area (Å²) in [4.78, 5) is 38.2. The highest BCUT2D eigenvalue weighted by molar-refractivity contribution is 6.06. The van der Waals surface area contributed by atoms with Crippen molar-refractivity contribution in [3.8, 4) is 22.3 Å². The predicted molar refractivity (Wildman–Crippen MR) is 186 cm³/mol. The number of aromatic nitrogens is 1. The van der Waals surface area contributed by atoms with Gasteiger partial charge in [-0.15, -0.1) is 0 Å². The van der Waals surface area contributed by atoms with Gasteiger partial charge >= 0.3 is 11.9 Å². The Bertz CT molecular complexity index is 1760. The Kier molecular flexibility index (Phi) is 12.6. The standard InChI is InChI=1S/C39H43FN2O7/c1-24(2)42-33(20-19-31(43)21-32(44)22-34(45)48-5)35(28-15-17-30(40)18-16-28)36(27-9-7-6-8-10-27)37(42)38(46)41-23-26-11-13-29(14-12-26)39(47)49-25(3)4/h6-20,24-25,31-32,43-44H,21-23H2,1-5H3,(H,41,46)/b20-19+/t31-,32-/m1/s1. The average Bonchev–Trinajstić information content (AvgIpc) is 3.42. The van der Waals surface area contributed by atoms with Crippen molar-refractivity contribution < 1.29 is 38.5 Å². The highest BCUT2D eigenvalue weighted by atomic mass is 19.1. The van der Waals surface area contributed by atoms with Crippen molar-refractivity contribution in [2.45, 2.75) is 71.4 Å². The van der Waals surface area contributed by atoms with Crippen LogP contribution >= 0.6 is 0 Å². The van der Waals surface area contributed by atoms with Crippen LogP contribution in [0, 0.1) is 5.82 Å². The third-order valence-corrected chi connectivity index (χ3v) is 7.78. The molecular formula is C39H43FN2O7. The fraction of sp³-hybridized carbons (Fsp3) is 0.308. The van der Waals surface area contributed by atoms with E-state index in [0.29, 0.717) is 33.6 Å². The summed E-state index contributed by atoms with van der Waals surface area (Å²) >= 11 is 0. The molecule has 4 rings (SSSR count). The number of hydrogen-bond acceptors (Lipinski definition) is 7. The van der Waals surface area contributed by atoms with Crippen LogP contribution in [0.2, 0.25) is 0 Å². The Hall–Kier alpha value is -5.06. The molecule has 9 nitrogen and oxygen atoms in total. The van der Waals surface area contributed by atoms with Gasteiger partial charge < -0.3 is 29.6 Å². The van der Waals surface area contributed by atoms with Crippen molar-refractivity contribution in [3.05, 3.63) is 113 Å². The molecule has 4 aromatic rings. The van der Waals surface area contributed by atoms with Crippen LogP contribution in [0.1, 0.15) is 78.7 Å². The number of ether oxygens (including phenoxy) is 2. The van der Waals surface area contributed by atoms with Crippen LogP contribution in [0.5, 0.6) is 0 Å². The number of nitrogens with one attached hydrogen (secondary N) is 1. The van der Waals surface area contributed by atoms with Gasteiger partial charge in [0.1, 0.15) is 11.5 Å². The number of amides is 1. The maximum absolute atomic E-state index is 14.3. The number of esters is 2. The monoisotopic (exact) mass is 670 g/mol. The summed E-state index contributed by atoms with van der Waals surface area (Å²) in [6.07, 6.45) is 0.302. The van der Waals surface area contributed by atoms with Gasteiger partial charge in [-0.25, -0.2) is 9.18 Å².